The molecule has 1 atom stereocenters. The quantitative estimate of drug-likeness (QED) is 0.818. The van der Waals surface area contributed by atoms with Gasteiger partial charge in [0.15, 0.2) is 0 Å². The molecular formula is C19H28N2O4. The smallest absolute Gasteiger partial charge is 0.410 e. The minimum atomic E-state index is -0.530. The third-order valence-electron chi connectivity index (χ3n) is 3.94. The number of nitrogens with zero attached hydrogens (tertiary/aromatic N) is 2. The second-order valence-corrected chi connectivity index (χ2v) is 7.36. The van der Waals surface area contributed by atoms with Gasteiger partial charge in [-0.1, -0.05) is 30.3 Å². The lowest BCUT2D eigenvalue weighted by atomic mass is 10.2. The standard InChI is InChI=1S/C19H28N2O4/c1-15-13-20(17(22)24-14-16-9-6-5-7-10-16)11-8-12-21(15)18(23)25-19(2,3)4/h5-7,9-10,15H,8,11-14H2,1-4H3. The topological polar surface area (TPSA) is 59.1 Å². The number of hydrogen-bond acceptors (Lipinski definition) is 4. The van der Waals surface area contributed by atoms with Crippen molar-refractivity contribution in [2.24, 2.45) is 0 Å². The maximum Gasteiger partial charge on any atom is 0.410 e. The second-order valence-electron chi connectivity index (χ2n) is 7.36. The summed E-state index contributed by atoms with van der Waals surface area (Å²) in [4.78, 5) is 28.0. The van der Waals surface area contributed by atoms with Gasteiger partial charge in [0.25, 0.3) is 0 Å². The summed E-state index contributed by atoms with van der Waals surface area (Å²) in [5, 5.41) is 0. The van der Waals surface area contributed by atoms with Crippen molar-refractivity contribution in [3.8, 4) is 0 Å². The molecule has 1 saturated heterocycles. The maximum absolute atomic E-state index is 12.3. The summed E-state index contributed by atoms with van der Waals surface area (Å²) in [5.74, 6) is 0. The molecule has 25 heavy (non-hydrogen) atoms. The fraction of sp³-hybridized carbons (Fsp3) is 0.579. The molecule has 1 aromatic carbocycles. The van der Waals surface area contributed by atoms with Gasteiger partial charge in [0, 0.05) is 25.7 Å². The Hall–Kier alpha value is -2.24. The molecule has 0 aromatic heterocycles. The molecule has 2 amide bonds. The lowest BCUT2D eigenvalue weighted by molar-refractivity contribution is 0.0175. The zero-order valence-electron chi connectivity index (χ0n) is 15.5. The minimum Gasteiger partial charge on any atom is -0.445 e. The molecule has 1 aliphatic heterocycles. The molecule has 1 aliphatic rings. The van der Waals surface area contributed by atoms with Gasteiger partial charge < -0.3 is 19.3 Å². The van der Waals surface area contributed by atoms with E-state index in [9.17, 15) is 9.59 Å². The van der Waals surface area contributed by atoms with Crippen LogP contribution in [0, 0.1) is 0 Å². The molecule has 0 bridgehead atoms. The minimum absolute atomic E-state index is 0.123. The van der Waals surface area contributed by atoms with Crippen LogP contribution in [0.4, 0.5) is 9.59 Å². The van der Waals surface area contributed by atoms with Crippen LogP contribution in [0.1, 0.15) is 39.7 Å². The first-order chi connectivity index (χ1) is 11.8. The summed E-state index contributed by atoms with van der Waals surface area (Å²) in [6.45, 7) is 9.29. The van der Waals surface area contributed by atoms with Gasteiger partial charge in [0.1, 0.15) is 12.2 Å². The molecule has 0 aliphatic carbocycles. The van der Waals surface area contributed by atoms with Gasteiger partial charge in [-0.25, -0.2) is 9.59 Å². The third-order valence-corrected chi connectivity index (χ3v) is 3.94. The summed E-state index contributed by atoms with van der Waals surface area (Å²) in [5.41, 5.74) is 0.423. The van der Waals surface area contributed by atoms with E-state index in [1.54, 1.807) is 9.80 Å². The summed E-state index contributed by atoms with van der Waals surface area (Å²) >= 11 is 0. The number of carbonyl (C=O) groups excluding carboxylic acids is 2. The van der Waals surface area contributed by atoms with Crippen LogP contribution < -0.4 is 0 Å². The van der Waals surface area contributed by atoms with Crippen LogP contribution in [0.25, 0.3) is 0 Å². The average molecular weight is 348 g/mol. The Morgan fingerprint density at radius 1 is 1.12 bits per heavy atom. The van der Waals surface area contributed by atoms with Crippen LogP contribution >= 0.6 is 0 Å². The Kier molecular flexibility index (Phi) is 6.28. The van der Waals surface area contributed by atoms with Crippen LogP contribution in [-0.4, -0.2) is 53.3 Å². The molecule has 2 rings (SSSR count). The first-order valence-corrected chi connectivity index (χ1v) is 8.71. The Bertz CT molecular complexity index is 583. The highest BCUT2D eigenvalue weighted by Crippen LogP contribution is 2.16. The van der Waals surface area contributed by atoms with E-state index >= 15 is 0 Å². The molecule has 1 fully saturated rings. The second kappa shape index (κ2) is 8.23. The summed E-state index contributed by atoms with van der Waals surface area (Å²) < 4.78 is 10.9. The van der Waals surface area contributed by atoms with Crippen molar-refractivity contribution in [3.05, 3.63) is 35.9 Å². The van der Waals surface area contributed by atoms with Crippen molar-refractivity contribution >= 4 is 12.2 Å². The highest BCUT2D eigenvalue weighted by Gasteiger charge is 2.31. The summed E-state index contributed by atoms with van der Waals surface area (Å²) in [7, 11) is 0. The Balaban J connectivity index is 1.90. The molecule has 6 nitrogen and oxygen atoms in total. The molecule has 1 unspecified atom stereocenters. The normalized spacial score (nSPS) is 18.5. The number of benzene rings is 1. The third kappa shape index (κ3) is 5.96. The van der Waals surface area contributed by atoms with E-state index in [2.05, 4.69) is 0 Å². The van der Waals surface area contributed by atoms with E-state index in [1.165, 1.54) is 0 Å². The Morgan fingerprint density at radius 2 is 1.80 bits per heavy atom. The van der Waals surface area contributed by atoms with Gasteiger partial charge in [-0.3, -0.25) is 0 Å². The number of hydrogen-bond donors (Lipinski definition) is 0. The monoisotopic (exact) mass is 348 g/mol. The number of amides is 2. The fourth-order valence-electron chi connectivity index (χ4n) is 2.73. The predicted molar refractivity (Wildman–Crippen MR) is 95.2 cm³/mol. The molecule has 1 aromatic rings. The van der Waals surface area contributed by atoms with E-state index in [0.29, 0.717) is 26.1 Å². The number of ether oxygens (including phenoxy) is 2. The van der Waals surface area contributed by atoms with Crippen LogP contribution in [0.2, 0.25) is 0 Å². The summed E-state index contributed by atoms with van der Waals surface area (Å²) in [6.07, 6.45) is 0.0190. The highest BCUT2D eigenvalue weighted by atomic mass is 16.6. The SMILES string of the molecule is CC1CN(C(=O)OCc2ccccc2)CCCN1C(=O)OC(C)(C)C. The molecule has 0 radical (unpaired) electrons. The molecule has 0 saturated carbocycles. The van der Waals surface area contributed by atoms with E-state index in [-0.39, 0.29) is 24.8 Å². The van der Waals surface area contributed by atoms with E-state index < -0.39 is 5.60 Å². The molecule has 0 N–H and O–H groups in total. The largest absolute Gasteiger partial charge is 0.445 e. The van der Waals surface area contributed by atoms with Gasteiger partial charge in [0.05, 0.1) is 0 Å². The Morgan fingerprint density at radius 3 is 2.44 bits per heavy atom. The molecule has 6 heteroatoms. The first kappa shape index (κ1) is 19.1. The van der Waals surface area contributed by atoms with E-state index in [4.69, 9.17) is 9.47 Å². The average Bonchev–Trinajstić information content (AvgIpc) is 2.73. The van der Waals surface area contributed by atoms with Crippen LogP contribution in [0.3, 0.4) is 0 Å². The van der Waals surface area contributed by atoms with Gasteiger partial charge in [-0.15, -0.1) is 0 Å². The zero-order chi connectivity index (χ0) is 18.4. The van der Waals surface area contributed by atoms with E-state index in [1.807, 2.05) is 58.0 Å². The molecule has 0 spiro atoms. The highest BCUT2D eigenvalue weighted by molar-refractivity contribution is 5.70. The number of carbonyl (C=O) groups is 2. The summed E-state index contributed by atoms with van der Waals surface area (Å²) in [6, 6.07) is 9.46. The van der Waals surface area contributed by atoms with Crippen molar-refractivity contribution in [2.45, 2.75) is 52.4 Å². The number of rotatable bonds is 2. The maximum atomic E-state index is 12.3. The predicted octanol–water partition coefficient (Wildman–Crippen LogP) is 3.65. The van der Waals surface area contributed by atoms with Crippen molar-refractivity contribution in [1.29, 1.82) is 0 Å². The molecule has 138 valence electrons. The zero-order valence-corrected chi connectivity index (χ0v) is 15.5. The first-order valence-electron chi connectivity index (χ1n) is 8.71. The van der Waals surface area contributed by atoms with E-state index in [0.717, 1.165) is 5.56 Å². The van der Waals surface area contributed by atoms with Crippen molar-refractivity contribution in [2.75, 3.05) is 19.6 Å². The van der Waals surface area contributed by atoms with Gasteiger partial charge in [0.2, 0.25) is 0 Å². The van der Waals surface area contributed by atoms with Gasteiger partial charge in [-0.2, -0.15) is 0 Å². The van der Waals surface area contributed by atoms with Crippen LogP contribution in [0.5, 0.6) is 0 Å². The lowest BCUT2D eigenvalue weighted by Gasteiger charge is -2.31. The van der Waals surface area contributed by atoms with Crippen molar-refractivity contribution < 1.29 is 19.1 Å². The van der Waals surface area contributed by atoms with Gasteiger partial charge >= 0.3 is 12.2 Å². The fourth-order valence-corrected chi connectivity index (χ4v) is 2.73. The van der Waals surface area contributed by atoms with Crippen molar-refractivity contribution in [1.82, 2.24) is 9.80 Å². The Labute approximate surface area is 149 Å². The lowest BCUT2D eigenvalue weighted by Crippen LogP contribution is -2.45. The van der Waals surface area contributed by atoms with Crippen LogP contribution in [0.15, 0.2) is 30.3 Å². The van der Waals surface area contributed by atoms with Crippen molar-refractivity contribution in [3.63, 3.8) is 0 Å². The van der Waals surface area contributed by atoms with Gasteiger partial charge in [-0.05, 0) is 39.7 Å². The van der Waals surface area contributed by atoms with Crippen LogP contribution in [-0.2, 0) is 16.1 Å². The molecule has 1 heterocycles. The molecular weight excluding hydrogens is 320 g/mol.